The van der Waals surface area contributed by atoms with Gasteiger partial charge in [-0.15, -0.1) is 4.91 Å². The standard InChI is InChI=1S/C14H12NO3/c16-13(10-6-2-1-3-7-10)14(17)11-8-4-5-9-12(11)15-18/h1-9,13-14,16H. The highest BCUT2D eigenvalue weighted by atomic mass is 16.3. The van der Waals surface area contributed by atoms with Crippen LogP contribution in [0.4, 0.5) is 5.69 Å². The predicted octanol–water partition coefficient (Wildman–Crippen LogP) is 3.29. The number of hydrogen-bond donors (Lipinski definition) is 1. The molecule has 91 valence electrons. The van der Waals surface area contributed by atoms with Crippen molar-refractivity contribution < 1.29 is 10.2 Å². The zero-order chi connectivity index (χ0) is 13.0. The van der Waals surface area contributed by atoms with Crippen LogP contribution in [-0.4, -0.2) is 5.11 Å². The molecule has 2 atom stereocenters. The molecule has 0 aromatic heterocycles. The van der Waals surface area contributed by atoms with E-state index in [2.05, 4.69) is 5.18 Å². The van der Waals surface area contributed by atoms with Crippen molar-refractivity contribution in [1.29, 1.82) is 0 Å². The highest BCUT2D eigenvalue weighted by Crippen LogP contribution is 2.34. The van der Waals surface area contributed by atoms with Crippen LogP contribution >= 0.6 is 0 Å². The second-order valence-corrected chi connectivity index (χ2v) is 3.93. The molecule has 0 aliphatic carbocycles. The quantitative estimate of drug-likeness (QED) is 0.835. The van der Waals surface area contributed by atoms with Gasteiger partial charge in [0.2, 0.25) is 0 Å². The average Bonchev–Trinajstić information content (AvgIpc) is 2.46. The highest BCUT2D eigenvalue weighted by Gasteiger charge is 2.24. The van der Waals surface area contributed by atoms with Crippen LogP contribution in [0.25, 0.3) is 0 Å². The molecule has 0 fully saturated rings. The zero-order valence-corrected chi connectivity index (χ0v) is 9.56. The molecule has 0 aliphatic heterocycles. The molecule has 2 rings (SSSR count). The molecular weight excluding hydrogens is 230 g/mol. The molecule has 0 heterocycles. The van der Waals surface area contributed by atoms with E-state index < -0.39 is 12.2 Å². The molecule has 0 saturated carbocycles. The van der Waals surface area contributed by atoms with Gasteiger partial charge in [0.15, 0.2) is 6.10 Å². The normalized spacial score (nSPS) is 13.9. The number of benzene rings is 2. The van der Waals surface area contributed by atoms with Gasteiger partial charge in [-0.25, -0.2) is 5.11 Å². The van der Waals surface area contributed by atoms with Crippen molar-refractivity contribution in [1.82, 2.24) is 0 Å². The van der Waals surface area contributed by atoms with Crippen molar-refractivity contribution in [3.8, 4) is 0 Å². The molecular formula is C14H12NO3. The molecule has 1 radical (unpaired) electrons. The maximum absolute atomic E-state index is 12.2. The maximum Gasteiger partial charge on any atom is 0.150 e. The minimum atomic E-state index is -1.43. The number of nitrogens with zero attached hydrogens (tertiary/aromatic N) is 1. The van der Waals surface area contributed by atoms with Crippen molar-refractivity contribution in [3.05, 3.63) is 70.6 Å². The summed E-state index contributed by atoms with van der Waals surface area (Å²) in [7, 11) is 0. The molecule has 2 aromatic rings. The van der Waals surface area contributed by atoms with Gasteiger partial charge in [0, 0.05) is 5.56 Å². The number of aliphatic hydroxyl groups is 1. The van der Waals surface area contributed by atoms with Gasteiger partial charge in [-0.2, -0.15) is 0 Å². The number of nitroso groups, excluding NO2 is 1. The Bertz CT molecular complexity index is 528. The first kappa shape index (κ1) is 12.4. The lowest BCUT2D eigenvalue weighted by Gasteiger charge is -2.17. The predicted molar refractivity (Wildman–Crippen MR) is 66.7 cm³/mol. The van der Waals surface area contributed by atoms with E-state index in [9.17, 15) is 15.1 Å². The van der Waals surface area contributed by atoms with E-state index >= 15 is 0 Å². The van der Waals surface area contributed by atoms with Crippen LogP contribution in [0.2, 0.25) is 0 Å². The van der Waals surface area contributed by atoms with Gasteiger partial charge in [0.25, 0.3) is 0 Å². The fourth-order valence-electron chi connectivity index (χ4n) is 1.81. The van der Waals surface area contributed by atoms with Crippen LogP contribution in [0.15, 0.2) is 59.8 Å². The van der Waals surface area contributed by atoms with Crippen molar-refractivity contribution in [3.63, 3.8) is 0 Å². The van der Waals surface area contributed by atoms with Gasteiger partial charge in [0.05, 0.1) is 0 Å². The summed E-state index contributed by atoms with van der Waals surface area (Å²) in [6, 6.07) is 14.9. The number of rotatable bonds is 4. The molecule has 1 N–H and O–H groups in total. The van der Waals surface area contributed by atoms with Crippen LogP contribution in [0.1, 0.15) is 23.3 Å². The van der Waals surface area contributed by atoms with Crippen LogP contribution < -0.4 is 0 Å². The molecule has 4 nitrogen and oxygen atoms in total. The number of aliphatic hydroxyl groups excluding tert-OH is 1. The second kappa shape index (κ2) is 5.53. The molecule has 0 amide bonds. The van der Waals surface area contributed by atoms with E-state index in [-0.39, 0.29) is 11.3 Å². The minimum absolute atomic E-state index is 0.0764. The third kappa shape index (κ3) is 2.45. The van der Waals surface area contributed by atoms with Crippen molar-refractivity contribution in [2.45, 2.75) is 12.2 Å². The summed E-state index contributed by atoms with van der Waals surface area (Å²) < 4.78 is 0. The SMILES string of the molecule is [O]C(c1ccccc1N=O)C(O)c1ccccc1. The van der Waals surface area contributed by atoms with E-state index in [0.29, 0.717) is 5.56 Å². The molecule has 0 spiro atoms. The van der Waals surface area contributed by atoms with Crippen LogP contribution in [-0.2, 0) is 5.11 Å². The summed E-state index contributed by atoms with van der Waals surface area (Å²) in [5, 5.41) is 25.0. The highest BCUT2D eigenvalue weighted by molar-refractivity contribution is 5.47. The van der Waals surface area contributed by atoms with Crippen LogP contribution in [0.5, 0.6) is 0 Å². The van der Waals surface area contributed by atoms with Crippen molar-refractivity contribution in [2.24, 2.45) is 5.18 Å². The Morgan fingerprint density at radius 3 is 2.22 bits per heavy atom. The van der Waals surface area contributed by atoms with Crippen molar-refractivity contribution >= 4 is 5.69 Å². The molecule has 2 aromatic carbocycles. The molecule has 18 heavy (non-hydrogen) atoms. The average molecular weight is 242 g/mol. The zero-order valence-electron chi connectivity index (χ0n) is 9.56. The van der Waals surface area contributed by atoms with Gasteiger partial charge in [0.1, 0.15) is 11.8 Å². The minimum Gasteiger partial charge on any atom is -0.385 e. The van der Waals surface area contributed by atoms with E-state index in [1.54, 1.807) is 42.5 Å². The summed E-state index contributed by atoms with van der Waals surface area (Å²) in [4.78, 5) is 10.6. The van der Waals surface area contributed by atoms with Crippen LogP contribution in [0.3, 0.4) is 0 Å². The third-order valence-electron chi connectivity index (χ3n) is 2.77. The largest absolute Gasteiger partial charge is 0.385 e. The lowest BCUT2D eigenvalue weighted by molar-refractivity contribution is -0.0286. The smallest absolute Gasteiger partial charge is 0.150 e. The lowest BCUT2D eigenvalue weighted by atomic mass is 9.97. The first-order chi connectivity index (χ1) is 8.74. The second-order valence-electron chi connectivity index (χ2n) is 3.93. The third-order valence-corrected chi connectivity index (χ3v) is 2.77. The lowest BCUT2D eigenvalue weighted by Crippen LogP contribution is -2.09. The Balaban J connectivity index is 2.31. The first-order valence-corrected chi connectivity index (χ1v) is 5.55. The summed E-state index contributed by atoms with van der Waals surface area (Å²) in [5.41, 5.74) is 0.814. The topological polar surface area (TPSA) is 69.6 Å². The molecule has 4 heteroatoms. The van der Waals surface area contributed by atoms with E-state index in [0.717, 1.165) is 0 Å². The molecule has 0 saturated heterocycles. The van der Waals surface area contributed by atoms with Gasteiger partial charge in [-0.3, -0.25) is 0 Å². The van der Waals surface area contributed by atoms with E-state index in [1.165, 1.54) is 12.1 Å². The molecule has 2 unspecified atom stereocenters. The van der Waals surface area contributed by atoms with E-state index in [4.69, 9.17) is 0 Å². The summed E-state index contributed by atoms with van der Waals surface area (Å²) in [6.45, 7) is 0. The Kier molecular flexibility index (Phi) is 3.82. The maximum atomic E-state index is 12.2. The first-order valence-electron chi connectivity index (χ1n) is 5.55. The van der Waals surface area contributed by atoms with E-state index in [1.807, 2.05) is 0 Å². The summed E-state index contributed by atoms with van der Waals surface area (Å²) in [5.74, 6) is 0. The Hall–Kier alpha value is -2.04. The molecule has 0 aliphatic rings. The van der Waals surface area contributed by atoms with Crippen LogP contribution in [0, 0.1) is 4.91 Å². The van der Waals surface area contributed by atoms with Gasteiger partial charge < -0.3 is 5.11 Å². The summed E-state index contributed by atoms with van der Waals surface area (Å²) >= 11 is 0. The fraction of sp³-hybridized carbons (Fsp3) is 0.143. The Morgan fingerprint density at radius 2 is 1.56 bits per heavy atom. The van der Waals surface area contributed by atoms with Crippen molar-refractivity contribution in [2.75, 3.05) is 0 Å². The van der Waals surface area contributed by atoms with Gasteiger partial charge in [-0.05, 0) is 16.8 Å². The Labute approximate surface area is 105 Å². The van der Waals surface area contributed by atoms with Gasteiger partial charge in [-0.1, -0.05) is 48.5 Å². The van der Waals surface area contributed by atoms with Gasteiger partial charge >= 0.3 is 0 Å². The summed E-state index contributed by atoms with van der Waals surface area (Å²) in [6.07, 6.45) is -2.63. The monoisotopic (exact) mass is 242 g/mol. The fourth-order valence-corrected chi connectivity index (χ4v) is 1.81. The molecule has 0 bridgehead atoms. The Morgan fingerprint density at radius 1 is 0.944 bits per heavy atom. The number of hydrogen-bond acceptors (Lipinski definition) is 3.